The van der Waals surface area contributed by atoms with Crippen LogP contribution in [0.1, 0.15) is 51.5 Å². The monoisotopic (exact) mass is 291 g/mol. The zero-order valence-corrected chi connectivity index (χ0v) is 13.7. The van der Waals surface area contributed by atoms with Gasteiger partial charge in [-0.05, 0) is 49.8 Å². The molecule has 0 aliphatic heterocycles. The maximum absolute atomic E-state index is 5.56. The van der Waals surface area contributed by atoms with E-state index < -0.39 is 0 Å². The second-order valence-electron chi connectivity index (χ2n) is 6.11. The van der Waals surface area contributed by atoms with Crippen LogP contribution in [0.25, 0.3) is 0 Å². The molecule has 1 aliphatic rings. The van der Waals surface area contributed by atoms with Crippen molar-refractivity contribution < 1.29 is 9.47 Å². The molecule has 1 aliphatic carbocycles. The molecule has 2 unspecified atom stereocenters. The van der Waals surface area contributed by atoms with Gasteiger partial charge < -0.3 is 14.8 Å². The van der Waals surface area contributed by atoms with Crippen LogP contribution in [-0.2, 0) is 6.54 Å². The number of rotatable bonds is 6. The van der Waals surface area contributed by atoms with Gasteiger partial charge in [-0.1, -0.05) is 25.8 Å². The largest absolute Gasteiger partial charge is 0.493 e. The predicted molar refractivity (Wildman–Crippen MR) is 87.0 cm³/mol. The van der Waals surface area contributed by atoms with Gasteiger partial charge in [-0.15, -0.1) is 0 Å². The topological polar surface area (TPSA) is 30.5 Å². The molecule has 2 rings (SSSR count). The van der Waals surface area contributed by atoms with E-state index in [1.807, 2.05) is 13.0 Å². The van der Waals surface area contributed by atoms with Crippen molar-refractivity contribution in [2.75, 3.05) is 13.7 Å². The second-order valence-corrected chi connectivity index (χ2v) is 6.11. The molecule has 0 bridgehead atoms. The van der Waals surface area contributed by atoms with Crippen molar-refractivity contribution in [1.29, 1.82) is 0 Å². The van der Waals surface area contributed by atoms with E-state index in [-0.39, 0.29) is 0 Å². The van der Waals surface area contributed by atoms with E-state index in [1.54, 1.807) is 7.11 Å². The highest BCUT2D eigenvalue weighted by molar-refractivity contribution is 5.42. The van der Waals surface area contributed by atoms with Gasteiger partial charge in [-0.3, -0.25) is 0 Å². The van der Waals surface area contributed by atoms with Crippen molar-refractivity contribution >= 4 is 0 Å². The molecule has 0 spiro atoms. The zero-order chi connectivity index (χ0) is 15.1. The summed E-state index contributed by atoms with van der Waals surface area (Å²) in [4.78, 5) is 0. The molecule has 0 amide bonds. The lowest BCUT2D eigenvalue weighted by Gasteiger charge is -2.17. The van der Waals surface area contributed by atoms with E-state index in [4.69, 9.17) is 9.47 Å². The highest BCUT2D eigenvalue weighted by Gasteiger charge is 2.15. The van der Waals surface area contributed by atoms with Crippen molar-refractivity contribution in [3.63, 3.8) is 0 Å². The molecule has 0 saturated heterocycles. The van der Waals surface area contributed by atoms with Crippen LogP contribution in [0.3, 0.4) is 0 Å². The average molecular weight is 291 g/mol. The lowest BCUT2D eigenvalue weighted by Crippen LogP contribution is -2.27. The summed E-state index contributed by atoms with van der Waals surface area (Å²) < 4.78 is 11.0. The summed E-state index contributed by atoms with van der Waals surface area (Å²) in [5, 5.41) is 3.70. The highest BCUT2D eigenvalue weighted by Crippen LogP contribution is 2.28. The number of hydrogen-bond acceptors (Lipinski definition) is 3. The Morgan fingerprint density at radius 3 is 2.76 bits per heavy atom. The Labute approximate surface area is 129 Å². The van der Waals surface area contributed by atoms with E-state index in [0.29, 0.717) is 12.6 Å². The van der Waals surface area contributed by atoms with E-state index >= 15 is 0 Å². The zero-order valence-electron chi connectivity index (χ0n) is 13.7. The van der Waals surface area contributed by atoms with Gasteiger partial charge in [0.1, 0.15) is 0 Å². The third-order valence-corrected chi connectivity index (χ3v) is 4.38. The lowest BCUT2D eigenvalue weighted by molar-refractivity contribution is 0.310. The molecule has 118 valence electrons. The quantitative estimate of drug-likeness (QED) is 0.799. The summed E-state index contributed by atoms with van der Waals surface area (Å²) in [7, 11) is 1.70. The second kappa shape index (κ2) is 8.28. The molecule has 1 saturated carbocycles. The average Bonchev–Trinajstić information content (AvgIpc) is 2.71. The van der Waals surface area contributed by atoms with Crippen LogP contribution in [0.15, 0.2) is 18.2 Å². The standard InChI is InChI=1S/C18H29NO2/c1-4-21-17-11-9-15(12-18(17)20-3)13-19-16-7-5-6-14(2)8-10-16/h9,11-12,14,16,19H,4-8,10,13H2,1-3H3. The Hall–Kier alpha value is -1.22. The summed E-state index contributed by atoms with van der Waals surface area (Å²) in [5.74, 6) is 2.54. The van der Waals surface area contributed by atoms with Gasteiger partial charge in [0.2, 0.25) is 0 Å². The van der Waals surface area contributed by atoms with Crippen molar-refractivity contribution in [3.8, 4) is 11.5 Å². The van der Waals surface area contributed by atoms with Crippen LogP contribution >= 0.6 is 0 Å². The summed E-state index contributed by atoms with van der Waals surface area (Å²) in [6.45, 7) is 5.93. The first-order valence-corrected chi connectivity index (χ1v) is 8.26. The molecule has 1 aromatic rings. The van der Waals surface area contributed by atoms with Gasteiger partial charge in [-0.2, -0.15) is 0 Å². The van der Waals surface area contributed by atoms with Crippen LogP contribution in [0.5, 0.6) is 11.5 Å². The molecule has 3 nitrogen and oxygen atoms in total. The number of methoxy groups -OCH3 is 1. The van der Waals surface area contributed by atoms with Gasteiger partial charge in [-0.25, -0.2) is 0 Å². The van der Waals surface area contributed by atoms with E-state index in [1.165, 1.54) is 37.7 Å². The van der Waals surface area contributed by atoms with Gasteiger partial charge in [0.25, 0.3) is 0 Å². The van der Waals surface area contributed by atoms with Crippen LogP contribution in [-0.4, -0.2) is 19.8 Å². The Morgan fingerprint density at radius 1 is 1.14 bits per heavy atom. The molecule has 1 N–H and O–H groups in total. The number of ether oxygens (including phenoxy) is 2. The van der Waals surface area contributed by atoms with Gasteiger partial charge in [0, 0.05) is 12.6 Å². The van der Waals surface area contributed by atoms with Crippen LogP contribution < -0.4 is 14.8 Å². The van der Waals surface area contributed by atoms with Crippen molar-refractivity contribution in [3.05, 3.63) is 23.8 Å². The summed E-state index contributed by atoms with van der Waals surface area (Å²) in [6, 6.07) is 6.87. The molecule has 2 atom stereocenters. The fourth-order valence-corrected chi connectivity index (χ4v) is 3.05. The number of hydrogen-bond donors (Lipinski definition) is 1. The first-order chi connectivity index (χ1) is 10.2. The summed E-state index contributed by atoms with van der Waals surface area (Å²) >= 11 is 0. The Balaban J connectivity index is 1.90. The molecule has 3 heteroatoms. The van der Waals surface area contributed by atoms with E-state index in [2.05, 4.69) is 24.4 Å². The normalized spacial score (nSPS) is 22.6. The van der Waals surface area contributed by atoms with Crippen LogP contribution in [0.4, 0.5) is 0 Å². The minimum absolute atomic E-state index is 0.660. The fourth-order valence-electron chi connectivity index (χ4n) is 3.05. The van der Waals surface area contributed by atoms with Crippen LogP contribution in [0.2, 0.25) is 0 Å². The maximum Gasteiger partial charge on any atom is 0.161 e. The van der Waals surface area contributed by atoms with Gasteiger partial charge >= 0.3 is 0 Å². The minimum Gasteiger partial charge on any atom is -0.493 e. The first-order valence-electron chi connectivity index (χ1n) is 8.26. The lowest BCUT2D eigenvalue weighted by atomic mass is 10.0. The van der Waals surface area contributed by atoms with E-state index in [9.17, 15) is 0 Å². The van der Waals surface area contributed by atoms with Gasteiger partial charge in [0.15, 0.2) is 11.5 Å². The van der Waals surface area contributed by atoms with Crippen molar-refractivity contribution in [1.82, 2.24) is 5.32 Å². The molecule has 0 radical (unpaired) electrons. The third-order valence-electron chi connectivity index (χ3n) is 4.38. The summed E-state index contributed by atoms with van der Waals surface area (Å²) in [5.41, 5.74) is 1.26. The Kier molecular flexibility index (Phi) is 6.37. The number of benzene rings is 1. The smallest absolute Gasteiger partial charge is 0.161 e. The fraction of sp³-hybridized carbons (Fsp3) is 0.667. The SMILES string of the molecule is CCOc1ccc(CNC2CCCC(C)CC2)cc1OC. The minimum atomic E-state index is 0.660. The molecule has 1 aromatic carbocycles. The molecule has 0 aromatic heterocycles. The van der Waals surface area contributed by atoms with Gasteiger partial charge in [0.05, 0.1) is 13.7 Å². The first kappa shape index (κ1) is 16.2. The molecule has 21 heavy (non-hydrogen) atoms. The predicted octanol–water partition coefficient (Wildman–Crippen LogP) is 4.15. The third kappa shape index (κ3) is 4.92. The highest BCUT2D eigenvalue weighted by atomic mass is 16.5. The summed E-state index contributed by atoms with van der Waals surface area (Å²) in [6.07, 6.45) is 6.69. The molecular weight excluding hydrogens is 262 g/mol. The number of nitrogens with one attached hydrogen (secondary N) is 1. The molecule has 0 heterocycles. The van der Waals surface area contributed by atoms with Crippen molar-refractivity contribution in [2.45, 2.75) is 58.5 Å². The Bertz CT molecular complexity index is 433. The Morgan fingerprint density at radius 2 is 2.00 bits per heavy atom. The molecular formula is C18H29NO2. The maximum atomic E-state index is 5.56. The molecule has 1 fully saturated rings. The van der Waals surface area contributed by atoms with E-state index in [0.717, 1.165) is 24.0 Å². The van der Waals surface area contributed by atoms with Crippen LogP contribution in [0, 0.1) is 5.92 Å². The van der Waals surface area contributed by atoms with Crippen molar-refractivity contribution in [2.24, 2.45) is 5.92 Å².